The molecule has 0 amide bonds. The fraction of sp³-hybridized carbons (Fsp3) is 1.00. The Morgan fingerprint density at radius 3 is 0.483 bits per heavy atom. The zero-order valence-corrected chi connectivity index (χ0v) is 62.8. The summed E-state index contributed by atoms with van der Waals surface area (Å²) in [5, 5.41) is 0. The molecule has 26 heteroatoms. The third-order valence-electron chi connectivity index (χ3n) is 14.4. The maximum absolute atomic E-state index is 13.3. The Morgan fingerprint density at radius 2 is 0.345 bits per heavy atom. The summed E-state index contributed by atoms with van der Waals surface area (Å²) in [6.07, 6.45) is 44.6. The Morgan fingerprint density at radius 1 is 0.218 bits per heavy atom. The summed E-state index contributed by atoms with van der Waals surface area (Å²) < 4.78 is 180. The van der Waals surface area contributed by atoms with Crippen LogP contribution in [0.3, 0.4) is 0 Å². The monoisotopic (exact) mass is 1380 g/mol. The van der Waals surface area contributed by atoms with E-state index in [2.05, 4.69) is 38.8 Å². The van der Waals surface area contributed by atoms with Crippen LogP contribution < -0.4 is 51.4 Å². The first-order chi connectivity index (χ1) is 41.1. The van der Waals surface area contributed by atoms with Crippen molar-refractivity contribution in [2.24, 2.45) is 0 Å². The molecule has 0 fully saturated rings. The van der Waals surface area contributed by atoms with E-state index in [9.17, 15) is 46.6 Å². The molecule has 0 heterocycles. The minimum Gasteiger partial charge on any atom is -0.726 e. The van der Waals surface area contributed by atoms with E-state index in [1.54, 1.807) is 0 Å². The van der Waals surface area contributed by atoms with Crippen molar-refractivity contribution in [2.75, 3.05) is 33.0 Å². The van der Waals surface area contributed by atoms with Gasteiger partial charge in [0.15, 0.2) is 0 Å². The molecule has 0 spiro atoms. The van der Waals surface area contributed by atoms with Gasteiger partial charge in [0.25, 0.3) is 0 Å². The molecule has 0 aliphatic heterocycles. The molecular weight excluding hydrogens is 1250 g/mol. The molecule has 0 N–H and O–H groups in total. The number of hydrogen-bond donors (Lipinski definition) is 0. The second kappa shape index (κ2) is 63.1. The predicted molar refractivity (Wildman–Crippen MR) is 341 cm³/mol. The molecular formula is C61H125KO20S5. The molecule has 0 atom stereocenters. The third kappa shape index (κ3) is 69.6. The van der Waals surface area contributed by atoms with Gasteiger partial charge >= 0.3 is 99.1 Å². The molecule has 0 aliphatic rings. The average Bonchev–Trinajstić information content (AvgIpc) is 2.35. The molecule has 0 radical (unpaired) electrons. The molecule has 0 saturated carbocycles. The molecule has 0 aromatic rings. The van der Waals surface area contributed by atoms with Crippen LogP contribution in [0, 0.1) is 0 Å². The Labute approximate surface area is 577 Å². The summed E-state index contributed by atoms with van der Waals surface area (Å²) in [7, 11) is -26.6. The number of hydrogen-bond acceptors (Lipinski definition) is 20. The van der Waals surface area contributed by atoms with Crippen LogP contribution in [0.2, 0.25) is 0 Å². The minimum absolute atomic E-state index is 0. The zero-order valence-electron chi connectivity index (χ0n) is 55.6. The van der Waals surface area contributed by atoms with Crippen molar-refractivity contribution in [1.29, 1.82) is 0 Å². The van der Waals surface area contributed by atoms with Gasteiger partial charge in [-0.2, -0.15) is 50.4 Å². The first kappa shape index (κ1) is 92.2. The van der Waals surface area contributed by atoms with Crippen LogP contribution in [0.15, 0.2) is 0 Å². The van der Waals surface area contributed by atoms with Crippen LogP contribution in [-0.2, 0) is 89.6 Å². The van der Waals surface area contributed by atoms with Crippen molar-refractivity contribution in [1.82, 2.24) is 0 Å². The van der Waals surface area contributed by atoms with E-state index in [-0.39, 0.29) is 83.7 Å². The van der Waals surface area contributed by atoms with Gasteiger partial charge in [0.2, 0.25) is 10.4 Å². The molecule has 0 bridgehead atoms. The van der Waals surface area contributed by atoms with Crippen molar-refractivity contribution in [3.63, 3.8) is 0 Å². The van der Waals surface area contributed by atoms with Crippen LogP contribution in [0.25, 0.3) is 0 Å². The van der Waals surface area contributed by atoms with Gasteiger partial charge in [-0.25, -0.2) is 25.2 Å². The molecule has 87 heavy (non-hydrogen) atoms. The van der Waals surface area contributed by atoms with E-state index < -0.39 is 84.6 Å². The van der Waals surface area contributed by atoms with E-state index in [0.717, 1.165) is 167 Å². The minimum atomic E-state index is -5.54. The predicted octanol–water partition coefficient (Wildman–Crippen LogP) is 14.8. The van der Waals surface area contributed by atoms with Gasteiger partial charge in [0, 0.05) is 0 Å². The molecule has 0 aromatic carbocycles. The first-order valence-electron chi connectivity index (χ1n) is 34.1. The number of unbranched alkanes of at least 4 members (excludes halogenated alkanes) is 45. The zero-order chi connectivity index (χ0) is 64.3. The smallest absolute Gasteiger partial charge is 0.726 e. The number of rotatable bonds is 68. The average molecular weight is 1380 g/mol. The maximum atomic E-state index is 13.3. The van der Waals surface area contributed by atoms with E-state index in [4.69, 9.17) is 33.5 Å². The standard InChI is InChI=1S/C49H100O16S4.C12H26O4S.K/c1-5-9-13-17-21-25-29-33-37-41-45-58-66(50,51)62-49(63-67(52,53)59-46-42-38-34-30-26-22-18-14-10-6-2,64-68(54,55)60-47-43-39-35-31-27-23-19-15-11-7-3)65-69(56,57)61-48-44-40-36-32-28-24-20-16-12-8-4;1-2-3-4-5-6-7-8-9-10-11-12-16-17(13,14)15;/h5-48H2,1-4H3;2-12H2,1H3,(H,13,14,15);/q;;+1/p-1. The Balaban J connectivity index is -0.00000337. The fourth-order valence-electron chi connectivity index (χ4n) is 9.43. The molecule has 0 aromatic heterocycles. The molecule has 20 nitrogen and oxygen atoms in total. The summed E-state index contributed by atoms with van der Waals surface area (Å²) >= 11 is 0. The Hall–Kier alpha value is 0.986. The van der Waals surface area contributed by atoms with E-state index in [1.165, 1.54) is 96.3 Å². The van der Waals surface area contributed by atoms with Gasteiger partial charge < -0.3 is 4.55 Å². The van der Waals surface area contributed by atoms with E-state index >= 15 is 0 Å². The second-order valence-corrected chi connectivity index (χ2v) is 28.8. The van der Waals surface area contributed by atoms with Crippen LogP contribution in [0.1, 0.15) is 356 Å². The van der Waals surface area contributed by atoms with Crippen LogP contribution >= 0.6 is 0 Å². The summed E-state index contributed by atoms with van der Waals surface area (Å²) in [5.41, 5.74) is 0. The summed E-state index contributed by atoms with van der Waals surface area (Å²) in [6.45, 7) is 8.93. The molecule has 0 rings (SSSR count). The second-order valence-electron chi connectivity index (χ2n) is 22.9. The maximum Gasteiger partial charge on any atom is 1.00 e. The Kier molecular flexibility index (Phi) is 66.8. The van der Waals surface area contributed by atoms with Crippen LogP contribution in [0.5, 0.6) is 0 Å². The van der Waals surface area contributed by atoms with Crippen LogP contribution in [0.4, 0.5) is 0 Å². The first-order valence-corrected chi connectivity index (χ1v) is 40.8. The van der Waals surface area contributed by atoms with Crippen molar-refractivity contribution in [2.45, 2.75) is 362 Å². The normalized spacial score (nSPS) is 12.6. The Bertz CT molecular complexity index is 1810. The van der Waals surface area contributed by atoms with Crippen molar-refractivity contribution in [3.05, 3.63) is 0 Å². The van der Waals surface area contributed by atoms with Gasteiger partial charge in [-0.05, 0) is 32.1 Å². The van der Waals surface area contributed by atoms with Gasteiger partial charge in [-0.1, -0.05) is 324 Å². The van der Waals surface area contributed by atoms with Crippen molar-refractivity contribution in [3.8, 4) is 0 Å². The SMILES string of the molecule is CCCCCCCCCCCCOS(=O)(=O)OC(OS(=O)(=O)OCCCCCCCCCCCC)(OS(=O)(=O)OCCCCCCCCCCCC)OS(=O)(=O)OCCCCCCCCCCCC.CCCCCCCCCCCCOS(=O)(=O)[O-].[K+]. The molecule has 0 saturated heterocycles. The third-order valence-corrected chi connectivity index (χ3v) is 18.4. The van der Waals surface area contributed by atoms with E-state index in [1.807, 2.05) is 0 Å². The van der Waals surface area contributed by atoms with Gasteiger partial charge in [0.05, 0.1) is 33.0 Å². The largest absolute Gasteiger partial charge is 1.00 e. The van der Waals surface area contributed by atoms with Gasteiger partial charge in [-0.15, -0.1) is 0 Å². The van der Waals surface area contributed by atoms with Crippen molar-refractivity contribution >= 4 is 52.0 Å². The summed E-state index contributed by atoms with van der Waals surface area (Å²) in [5.74, 6) is 0. The molecule has 520 valence electrons. The topological polar surface area (TPSA) is 277 Å². The quantitative estimate of drug-likeness (QED) is 0.0180. The molecule has 0 unspecified atom stereocenters. The summed E-state index contributed by atoms with van der Waals surface area (Å²) in [6, 6.07) is 0. The summed E-state index contributed by atoms with van der Waals surface area (Å²) in [4.78, 5) is 0. The fourth-order valence-corrected chi connectivity index (χ4v) is 12.9. The van der Waals surface area contributed by atoms with E-state index in [0.29, 0.717) is 32.1 Å². The van der Waals surface area contributed by atoms with Crippen LogP contribution in [-0.4, -0.2) is 85.8 Å². The van der Waals surface area contributed by atoms with Gasteiger partial charge in [0.1, 0.15) is 0 Å². The van der Waals surface area contributed by atoms with Crippen molar-refractivity contribution < 1.29 is 136 Å². The molecule has 0 aliphatic carbocycles. The van der Waals surface area contributed by atoms with Gasteiger partial charge in [-0.3, -0.25) is 4.18 Å².